The summed E-state index contributed by atoms with van der Waals surface area (Å²) in [6.45, 7) is 4.59. The minimum Gasteiger partial charge on any atom is -0.434 e. The van der Waals surface area contributed by atoms with Crippen LogP contribution in [0, 0.1) is 28.6 Å². The van der Waals surface area contributed by atoms with E-state index in [1.165, 1.54) is 12.2 Å². The fourth-order valence-electron chi connectivity index (χ4n) is 9.11. The fraction of sp³-hybridized carbons (Fsp3) is 0.759. The number of carbonyl (C=O) groups is 3. The SMILES string of the molecule is C[C@H]1CC2C3CCC4=CC(=O)C=C[C@]4(C)C3(F)[C@@H](O)C[C@]2(C)[C@]1(OC(=O)NC1CCCCC1)C(=O)CO. The van der Waals surface area contributed by atoms with Gasteiger partial charge in [-0.25, -0.2) is 9.18 Å². The van der Waals surface area contributed by atoms with Crippen LogP contribution in [0.3, 0.4) is 0 Å². The highest BCUT2D eigenvalue weighted by Gasteiger charge is 2.77. The molecule has 8 heteroatoms. The number of carbonyl (C=O) groups excluding carboxylic acids is 3. The molecule has 0 bridgehead atoms. The average Bonchev–Trinajstić information content (AvgIpc) is 3.07. The number of nitrogens with one attached hydrogen (secondary N) is 1. The molecule has 0 aliphatic heterocycles. The molecular weight excluding hydrogens is 477 g/mol. The van der Waals surface area contributed by atoms with Gasteiger partial charge in [-0.2, -0.15) is 0 Å². The first-order chi connectivity index (χ1) is 17.4. The lowest BCUT2D eigenvalue weighted by atomic mass is 9.44. The topological polar surface area (TPSA) is 113 Å². The van der Waals surface area contributed by atoms with E-state index in [2.05, 4.69) is 5.32 Å². The van der Waals surface area contributed by atoms with Gasteiger partial charge in [-0.3, -0.25) is 9.59 Å². The van der Waals surface area contributed by atoms with Crippen LogP contribution in [-0.4, -0.2) is 57.9 Å². The van der Waals surface area contributed by atoms with Crippen molar-refractivity contribution in [2.45, 2.75) is 102 Å². The van der Waals surface area contributed by atoms with Gasteiger partial charge in [-0.1, -0.05) is 44.8 Å². The zero-order chi connectivity index (χ0) is 26.8. The van der Waals surface area contributed by atoms with Crippen LogP contribution >= 0.6 is 0 Å². The second-order valence-electron chi connectivity index (χ2n) is 12.6. The Morgan fingerprint density at radius 2 is 1.86 bits per heavy atom. The number of Topliss-reactive ketones (excluding diaryl/α,β-unsaturated/α-hetero) is 1. The largest absolute Gasteiger partial charge is 0.434 e. The number of hydrogen-bond acceptors (Lipinski definition) is 6. The Bertz CT molecular complexity index is 1050. The van der Waals surface area contributed by atoms with E-state index in [1.807, 2.05) is 13.8 Å². The summed E-state index contributed by atoms with van der Waals surface area (Å²) in [6.07, 6.45) is 8.45. The van der Waals surface area contributed by atoms with E-state index < -0.39 is 58.5 Å². The number of fused-ring (bicyclic) bond motifs is 5. The van der Waals surface area contributed by atoms with Gasteiger partial charge in [0.15, 0.2) is 17.1 Å². The van der Waals surface area contributed by atoms with Crippen LogP contribution in [0.2, 0.25) is 0 Å². The van der Waals surface area contributed by atoms with Gasteiger partial charge in [0.1, 0.15) is 6.61 Å². The summed E-state index contributed by atoms with van der Waals surface area (Å²) in [5.41, 5.74) is -5.24. The van der Waals surface area contributed by atoms with Crippen molar-refractivity contribution in [1.82, 2.24) is 5.32 Å². The Morgan fingerprint density at radius 3 is 2.54 bits per heavy atom. The molecule has 0 aromatic heterocycles. The zero-order valence-electron chi connectivity index (χ0n) is 22.1. The molecule has 8 atom stereocenters. The third kappa shape index (κ3) is 3.54. The van der Waals surface area contributed by atoms with Crippen molar-refractivity contribution in [2.75, 3.05) is 6.61 Å². The van der Waals surface area contributed by atoms with Crippen LogP contribution in [0.5, 0.6) is 0 Å². The van der Waals surface area contributed by atoms with Crippen LogP contribution in [0.25, 0.3) is 0 Å². The van der Waals surface area contributed by atoms with Gasteiger partial charge in [0.2, 0.25) is 5.78 Å². The number of alkyl carbamates (subject to hydrolysis) is 1. The van der Waals surface area contributed by atoms with Crippen LogP contribution in [0.4, 0.5) is 9.18 Å². The van der Waals surface area contributed by atoms with Crippen molar-refractivity contribution >= 4 is 17.7 Å². The monoisotopic (exact) mass is 517 g/mol. The lowest BCUT2D eigenvalue weighted by Gasteiger charge is -2.62. The highest BCUT2D eigenvalue weighted by Crippen LogP contribution is 2.71. The zero-order valence-corrected chi connectivity index (χ0v) is 22.1. The van der Waals surface area contributed by atoms with E-state index in [-0.39, 0.29) is 24.2 Å². The molecule has 0 spiro atoms. The van der Waals surface area contributed by atoms with Crippen LogP contribution in [0.15, 0.2) is 23.8 Å². The van der Waals surface area contributed by atoms with Crippen molar-refractivity contribution in [1.29, 1.82) is 0 Å². The molecule has 3 N–H and O–H groups in total. The van der Waals surface area contributed by atoms with E-state index in [4.69, 9.17) is 4.74 Å². The van der Waals surface area contributed by atoms with Gasteiger partial charge in [0.05, 0.1) is 6.10 Å². The summed E-state index contributed by atoms with van der Waals surface area (Å²) < 4.78 is 23.5. The molecule has 5 aliphatic rings. The number of ketones is 2. The van der Waals surface area contributed by atoms with Gasteiger partial charge < -0.3 is 20.3 Å². The number of ether oxygens (including phenoxy) is 1. The summed E-state index contributed by atoms with van der Waals surface area (Å²) in [5, 5.41) is 24.5. The van der Waals surface area contributed by atoms with Gasteiger partial charge in [0.25, 0.3) is 0 Å². The van der Waals surface area contributed by atoms with E-state index in [0.29, 0.717) is 24.8 Å². The maximum Gasteiger partial charge on any atom is 0.408 e. The summed E-state index contributed by atoms with van der Waals surface area (Å²) in [7, 11) is 0. The van der Waals surface area contributed by atoms with Gasteiger partial charge in [-0.05, 0) is 63.5 Å². The molecule has 0 saturated heterocycles. The minimum absolute atomic E-state index is 0.0254. The van der Waals surface area contributed by atoms with Gasteiger partial charge in [0, 0.05) is 28.7 Å². The maximum absolute atomic E-state index is 17.4. The lowest BCUT2D eigenvalue weighted by Crippen LogP contribution is -2.70. The molecule has 3 unspecified atom stereocenters. The number of rotatable bonds is 4. The first-order valence-electron chi connectivity index (χ1n) is 13.9. The number of amides is 1. The maximum atomic E-state index is 17.4. The van der Waals surface area contributed by atoms with Crippen LogP contribution < -0.4 is 5.32 Å². The molecule has 1 amide bonds. The molecule has 0 heterocycles. The first-order valence-corrected chi connectivity index (χ1v) is 13.9. The molecule has 37 heavy (non-hydrogen) atoms. The predicted octanol–water partition coefficient (Wildman–Crippen LogP) is 3.96. The summed E-state index contributed by atoms with van der Waals surface area (Å²) >= 11 is 0. The fourth-order valence-corrected chi connectivity index (χ4v) is 9.11. The van der Waals surface area contributed by atoms with E-state index in [1.54, 1.807) is 13.0 Å². The smallest absolute Gasteiger partial charge is 0.408 e. The number of halogens is 1. The number of allylic oxidation sites excluding steroid dienone is 4. The Hall–Kier alpha value is -2.06. The molecule has 4 saturated carbocycles. The number of aliphatic hydroxyl groups is 2. The van der Waals surface area contributed by atoms with Gasteiger partial charge >= 0.3 is 6.09 Å². The van der Waals surface area contributed by atoms with Crippen molar-refractivity contribution in [3.63, 3.8) is 0 Å². The molecule has 7 nitrogen and oxygen atoms in total. The quantitative estimate of drug-likeness (QED) is 0.520. The van der Waals surface area contributed by atoms with Crippen LogP contribution in [-0.2, 0) is 14.3 Å². The van der Waals surface area contributed by atoms with Crippen molar-refractivity contribution in [2.24, 2.45) is 28.6 Å². The third-order valence-electron chi connectivity index (χ3n) is 10.9. The Balaban J connectivity index is 1.52. The van der Waals surface area contributed by atoms with Gasteiger partial charge in [-0.15, -0.1) is 0 Å². The molecule has 0 radical (unpaired) electrons. The summed E-state index contributed by atoms with van der Waals surface area (Å²) in [6, 6.07) is -0.0254. The lowest BCUT2D eigenvalue weighted by molar-refractivity contribution is -0.219. The Kier molecular flexibility index (Phi) is 6.46. The molecule has 0 aromatic rings. The number of hydrogen-bond donors (Lipinski definition) is 3. The number of aliphatic hydroxyl groups excluding tert-OH is 2. The highest BCUT2D eigenvalue weighted by atomic mass is 19.1. The molecule has 4 fully saturated rings. The standard InChI is InChI=1S/C29H40FNO6/c1-17-13-22-21-10-9-18-14-20(33)11-12-26(18,2)28(21,30)23(34)15-27(22,3)29(17,24(35)16-32)37-25(36)31-19-7-5-4-6-8-19/h11-12,14,17,19,21-23,32,34H,4-10,13,15-16H2,1-3H3,(H,31,36)/t17-,21?,22?,23-,26-,27-,28?,29+/m0/s1. The molecular formula is C29H40FNO6. The van der Waals surface area contributed by atoms with Crippen molar-refractivity contribution in [3.05, 3.63) is 23.8 Å². The average molecular weight is 518 g/mol. The van der Waals surface area contributed by atoms with E-state index in [0.717, 1.165) is 32.1 Å². The van der Waals surface area contributed by atoms with Crippen LogP contribution in [0.1, 0.15) is 78.6 Å². The third-order valence-corrected chi connectivity index (χ3v) is 10.9. The van der Waals surface area contributed by atoms with Crippen molar-refractivity contribution in [3.8, 4) is 0 Å². The normalized spacial score (nSPS) is 45.4. The molecule has 5 rings (SSSR count). The Morgan fingerprint density at radius 1 is 1.16 bits per heavy atom. The molecule has 5 aliphatic carbocycles. The summed E-state index contributed by atoms with van der Waals surface area (Å²) in [5.74, 6) is -2.22. The van der Waals surface area contributed by atoms with E-state index in [9.17, 15) is 24.6 Å². The molecule has 0 aromatic carbocycles. The number of alkyl halides is 1. The second-order valence-corrected chi connectivity index (χ2v) is 12.6. The second kappa shape index (κ2) is 9.01. The molecule has 204 valence electrons. The Labute approximate surface area is 217 Å². The minimum atomic E-state index is -2.04. The van der Waals surface area contributed by atoms with E-state index >= 15 is 4.39 Å². The van der Waals surface area contributed by atoms with Crippen molar-refractivity contribution < 1.29 is 33.7 Å². The predicted molar refractivity (Wildman–Crippen MR) is 134 cm³/mol. The summed E-state index contributed by atoms with van der Waals surface area (Å²) in [4.78, 5) is 38.8. The first kappa shape index (κ1) is 26.5. The highest BCUT2D eigenvalue weighted by molar-refractivity contribution is 6.01.